The van der Waals surface area contributed by atoms with E-state index in [1.54, 1.807) is 0 Å². The molecular formula is C10H15N5O2S. The van der Waals surface area contributed by atoms with Crippen molar-refractivity contribution in [2.45, 2.75) is 24.9 Å². The molecule has 2 heterocycles. The van der Waals surface area contributed by atoms with Crippen molar-refractivity contribution in [1.82, 2.24) is 25.4 Å². The molecule has 0 unspecified atom stereocenters. The zero-order valence-corrected chi connectivity index (χ0v) is 10.9. The van der Waals surface area contributed by atoms with Crippen LogP contribution in [0, 0.1) is 0 Å². The minimum Gasteiger partial charge on any atom is -0.336 e. The van der Waals surface area contributed by atoms with Crippen molar-refractivity contribution in [2.24, 2.45) is 0 Å². The lowest BCUT2D eigenvalue weighted by atomic mass is 10.3. The number of amides is 3. The highest BCUT2D eigenvalue weighted by Crippen LogP contribution is 2.14. The van der Waals surface area contributed by atoms with Crippen LogP contribution in [-0.4, -0.2) is 50.9 Å². The van der Waals surface area contributed by atoms with Crippen LogP contribution in [-0.2, 0) is 11.2 Å². The third-order valence-electron chi connectivity index (χ3n) is 2.48. The summed E-state index contributed by atoms with van der Waals surface area (Å²) >= 11 is 1.24. The molecular weight excluding hydrogens is 254 g/mol. The molecule has 1 aliphatic heterocycles. The van der Waals surface area contributed by atoms with Gasteiger partial charge in [0.25, 0.3) is 0 Å². The summed E-state index contributed by atoms with van der Waals surface area (Å²) in [4.78, 5) is 28.5. The second-order valence-corrected chi connectivity index (χ2v) is 4.82. The SMILES string of the molecule is CCCc1nc(SCC(=O)N2CCNC2=O)n[nH]1. The minimum atomic E-state index is -0.317. The summed E-state index contributed by atoms with van der Waals surface area (Å²) in [5.74, 6) is 0.791. The average Bonchev–Trinajstić information content (AvgIpc) is 2.96. The zero-order valence-electron chi connectivity index (χ0n) is 10.1. The van der Waals surface area contributed by atoms with E-state index < -0.39 is 0 Å². The molecule has 2 N–H and O–H groups in total. The first kappa shape index (κ1) is 12.9. The Morgan fingerprint density at radius 2 is 2.39 bits per heavy atom. The number of hydrogen-bond donors (Lipinski definition) is 2. The van der Waals surface area contributed by atoms with Crippen LogP contribution in [0.25, 0.3) is 0 Å². The van der Waals surface area contributed by atoms with Gasteiger partial charge in [0, 0.05) is 19.5 Å². The van der Waals surface area contributed by atoms with E-state index in [9.17, 15) is 9.59 Å². The van der Waals surface area contributed by atoms with E-state index in [2.05, 4.69) is 27.4 Å². The van der Waals surface area contributed by atoms with Crippen LogP contribution in [0.3, 0.4) is 0 Å². The summed E-state index contributed by atoms with van der Waals surface area (Å²) < 4.78 is 0. The van der Waals surface area contributed by atoms with Gasteiger partial charge in [0.2, 0.25) is 11.1 Å². The van der Waals surface area contributed by atoms with Gasteiger partial charge in [-0.25, -0.2) is 9.78 Å². The highest BCUT2D eigenvalue weighted by atomic mass is 32.2. The highest BCUT2D eigenvalue weighted by Gasteiger charge is 2.26. The average molecular weight is 269 g/mol. The van der Waals surface area contributed by atoms with E-state index in [4.69, 9.17) is 0 Å². The maximum Gasteiger partial charge on any atom is 0.324 e. The highest BCUT2D eigenvalue weighted by molar-refractivity contribution is 7.99. The number of aromatic nitrogens is 3. The van der Waals surface area contributed by atoms with Crippen LogP contribution in [0.1, 0.15) is 19.2 Å². The number of rotatable bonds is 5. The molecule has 0 aromatic carbocycles. The maximum absolute atomic E-state index is 11.7. The van der Waals surface area contributed by atoms with Crippen LogP contribution in [0.15, 0.2) is 5.16 Å². The number of imide groups is 1. The van der Waals surface area contributed by atoms with Crippen molar-refractivity contribution in [3.8, 4) is 0 Å². The number of nitrogens with zero attached hydrogens (tertiary/aromatic N) is 3. The molecule has 1 aromatic heterocycles. The molecule has 1 fully saturated rings. The molecule has 1 aromatic rings. The summed E-state index contributed by atoms with van der Waals surface area (Å²) in [6.07, 6.45) is 1.84. The summed E-state index contributed by atoms with van der Waals surface area (Å²) in [5, 5.41) is 9.97. The predicted molar refractivity (Wildman–Crippen MR) is 66.2 cm³/mol. The molecule has 1 saturated heterocycles. The molecule has 98 valence electrons. The van der Waals surface area contributed by atoms with Crippen molar-refractivity contribution in [2.75, 3.05) is 18.8 Å². The molecule has 0 bridgehead atoms. The molecule has 0 spiro atoms. The van der Waals surface area contributed by atoms with Crippen LogP contribution < -0.4 is 5.32 Å². The fourth-order valence-corrected chi connectivity index (χ4v) is 2.30. The Labute approximate surface area is 109 Å². The second kappa shape index (κ2) is 5.85. The number of hydrogen-bond acceptors (Lipinski definition) is 5. The van der Waals surface area contributed by atoms with E-state index in [1.165, 1.54) is 16.7 Å². The largest absolute Gasteiger partial charge is 0.336 e. The monoisotopic (exact) mass is 269 g/mol. The van der Waals surface area contributed by atoms with Gasteiger partial charge in [-0.2, -0.15) is 0 Å². The van der Waals surface area contributed by atoms with Crippen LogP contribution in [0.2, 0.25) is 0 Å². The molecule has 0 aliphatic carbocycles. The van der Waals surface area contributed by atoms with Crippen molar-refractivity contribution < 1.29 is 9.59 Å². The standard InChI is InChI=1S/C10H15N5O2S/c1-2-3-7-12-9(14-13-7)18-6-8(16)15-5-4-11-10(15)17/h2-6H2,1H3,(H,11,17)(H,12,13,14). The number of nitrogens with one attached hydrogen (secondary N) is 2. The molecule has 0 atom stereocenters. The first-order chi connectivity index (χ1) is 8.70. The fourth-order valence-electron chi connectivity index (χ4n) is 1.60. The summed E-state index contributed by atoms with van der Waals surface area (Å²) in [6, 6.07) is -0.317. The number of carbonyl (C=O) groups is 2. The number of aromatic amines is 1. The van der Waals surface area contributed by atoms with Gasteiger partial charge in [-0.15, -0.1) is 5.10 Å². The lowest BCUT2D eigenvalue weighted by molar-refractivity contribution is -0.124. The third-order valence-corrected chi connectivity index (χ3v) is 3.31. The number of aryl methyl sites for hydroxylation is 1. The van der Waals surface area contributed by atoms with Gasteiger partial charge in [0.15, 0.2) is 0 Å². The number of thioether (sulfide) groups is 1. The summed E-state index contributed by atoms with van der Waals surface area (Å²) in [6.45, 7) is 3.02. The molecule has 8 heteroatoms. The first-order valence-electron chi connectivity index (χ1n) is 5.83. The molecule has 3 amide bonds. The Bertz CT molecular complexity index is 447. The Kier molecular flexibility index (Phi) is 4.19. The summed E-state index contributed by atoms with van der Waals surface area (Å²) in [5.41, 5.74) is 0. The number of carbonyl (C=O) groups excluding carboxylic acids is 2. The molecule has 2 rings (SSSR count). The molecule has 18 heavy (non-hydrogen) atoms. The number of urea groups is 1. The quantitative estimate of drug-likeness (QED) is 0.755. The Morgan fingerprint density at radius 1 is 1.56 bits per heavy atom. The Balaban J connectivity index is 1.83. The van der Waals surface area contributed by atoms with E-state index in [0.717, 1.165) is 18.7 Å². The summed E-state index contributed by atoms with van der Waals surface area (Å²) in [7, 11) is 0. The van der Waals surface area contributed by atoms with E-state index in [0.29, 0.717) is 18.2 Å². The zero-order chi connectivity index (χ0) is 13.0. The van der Waals surface area contributed by atoms with Crippen molar-refractivity contribution >= 4 is 23.7 Å². The smallest absolute Gasteiger partial charge is 0.324 e. The third kappa shape index (κ3) is 3.00. The molecule has 0 radical (unpaired) electrons. The molecule has 0 saturated carbocycles. The van der Waals surface area contributed by atoms with Crippen LogP contribution >= 0.6 is 11.8 Å². The Morgan fingerprint density at radius 3 is 3.06 bits per heavy atom. The fraction of sp³-hybridized carbons (Fsp3) is 0.600. The maximum atomic E-state index is 11.7. The van der Waals surface area contributed by atoms with Crippen LogP contribution in [0.5, 0.6) is 0 Å². The predicted octanol–water partition coefficient (Wildman–Crippen LogP) is 0.401. The van der Waals surface area contributed by atoms with E-state index >= 15 is 0 Å². The topological polar surface area (TPSA) is 91.0 Å². The van der Waals surface area contributed by atoms with Gasteiger partial charge in [-0.05, 0) is 6.42 Å². The van der Waals surface area contributed by atoms with Gasteiger partial charge in [-0.1, -0.05) is 18.7 Å². The normalized spacial score (nSPS) is 14.9. The number of H-pyrrole nitrogens is 1. The van der Waals surface area contributed by atoms with Crippen molar-refractivity contribution in [3.63, 3.8) is 0 Å². The molecule has 1 aliphatic rings. The Hall–Kier alpha value is -1.57. The van der Waals surface area contributed by atoms with Gasteiger partial charge in [0.05, 0.1) is 5.75 Å². The van der Waals surface area contributed by atoms with E-state index in [-0.39, 0.29) is 17.7 Å². The lowest BCUT2D eigenvalue weighted by Crippen LogP contribution is -2.35. The van der Waals surface area contributed by atoms with Crippen molar-refractivity contribution in [3.05, 3.63) is 5.82 Å². The van der Waals surface area contributed by atoms with Crippen molar-refractivity contribution in [1.29, 1.82) is 0 Å². The first-order valence-corrected chi connectivity index (χ1v) is 6.81. The van der Waals surface area contributed by atoms with Crippen LogP contribution in [0.4, 0.5) is 4.79 Å². The van der Waals surface area contributed by atoms with Gasteiger partial charge in [0.1, 0.15) is 5.82 Å². The van der Waals surface area contributed by atoms with E-state index in [1.807, 2.05) is 0 Å². The van der Waals surface area contributed by atoms with Gasteiger partial charge in [-0.3, -0.25) is 14.8 Å². The molecule has 7 nitrogen and oxygen atoms in total. The minimum absolute atomic E-state index is 0.177. The van der Waals surface area contributed by atoms with Gasteiger partial charge >= 0.3 is 6.03 Å². The lowest BCUT2D eigenvalue weighted by Gasteiger charge is -2.10. The second-order valence-electron chi connectivity index (χ2n) is 3.88. The van der Waals surface area contributed by atoms with Gasteiger partial charge < -0.3 is 5.32 Å².